The van der Waals surface area contributed by atoms with E-state index in [1.54, 1.807) is 72.0 Å². The summed E-state index contributed by atoms with van der Waals surface area (Å²) >= 11 is 1.13. The topological polar surface area (TPSA) is 170 Å². The molecule has 0 radical (unpaired) electrons. The molecule has 5 aromatic rings. The van der Waals surface area contributed by atoms with Crippen LogP contribution in [0.2, 0.25) is 0 Å². The molecule has 0 saturated carbocycles. The number of ether oxygens (including phenoxy) is 2. The zero-order chi connectivity index (χ0) is 30.9. The summed E-state index contributed by atoms with van der Waals surface area (Å²) in [5, 5.41) is 16.7. The van der Waals surface area contributed by atoms with Gasteiger partial charge >= 0.3 is 12.2 Å². The van der Waals surface area contributed by atoms with Gasteiger partial charge in [-0.15, -0.1) is 10.2 Å². The van der Waals surface area contributed by atoms with Crippen LogP contribution in [-0.4, -0.2) is 64.2 Å². The number of anilines is 3. The Bertz CT molecular complexity index is 1800. The molecule has 1 aromatic carbocycles. The maximum Gasteiger partial charge on any atom is 0.435 e. The molecule has 2 N–H and O–H groups in total. The number of H-pyrrole nitrogens is 1. The number of aromatic amines is 1. The van der Waals surface area contributed by atoms with E-state index in [-0.39, 0.29) is 10.8 Å². The van der Waals surface area contributed by atoms with Gasteiger partial charge in [-0.2, -0.15) is 9.78 Å². The number of carbonyl (C=O) groups excluding carboxylic acids is 3. The minimum Gasteiger partial charge on any atom is -0.443 e. The number of benzene rings is 1. The van der Waals surface area contributed by atoms with Gasteiger partial charge in [0.2, 0.25) is 5.13 Å². The van der Waals surface area contributed by atoms with E-state index < -0.39 is 29.3 Å². The maximum absolute atomic E-state index is 13.5. The monoisotopic (exact) mass is 603 g/mol. The normalized spacial score (nSPS) is 11.8. The van der Waals surface area contributed by atoms with Crippen LogP contribution in [0, 0.1) is 0 Å². The molecule has 0 spiro atoms. The van der Waals surface area contributed by atoms with Gasteiger partial charge in [0.1, 0.15) is 16.9 Å². The van der Waals surface area contributed by atoms with Crippen molar-refractivity contribution in [2.45, 2.75) is 52.7 Å². The van der Waals surface area contributed by atoms with Crippen LogP contribution < -0.4 is 10.2 Å². The quantitative estimate of drug-likeness (QED) is 0.251. The summed E-state index contributed by atoms with van der Waals surface area (Å²) in [6.45, 7) is 10.6. The molecule has 0 saturated heterocycles. The highest BCUT2D eigenvalue weighted by Crippen LogP contribution is 2.36. The van der Waals surface area contributed by atoms with Crippen LogP contribution in [0.5, 0.6) is 0 Å². The molecule has 5 rings (SSSR count). The minimum atomic E-state index is -0.792. The van der Waals surface area contributed by atoms with Gasteiger partial charge in [-0.25, -0.2) is 19.5 Å². The van der Waals surface area contributed by atoms with Crippen molar-refractivity contribution >= 4 is 56.8 Å². The molecule has 0 aliphatic carbocycles. The van der Waals surface area contributed by atoms with Crippen LogP contribution in [-0.2, 0) is 9.47 Å². The summed E-state index contributed by atoms with van der Waals surface area (Å²) in [5.74, 6) is -0.403. The number of nitrogens with zero attached hydrogens (tertiary/aromatic N) is 7. The first-order valence-corrected chi connectivity index (χ1v) is 13.9. The Balaban J connectivity index is 1.47. The summed E-state index contributed by atoms with van der Waals surface area (Å²) in [7, 11) is 0. The van der Waals surface area contributed by atoms with Crippen LogP contribution in [0.15, 0.2) is 55.4 Å². The van der Waals surface area contributed by atoms with Crippen molar-refractivity contribution in [2.75, 3.05) is 10.2 Å². The van der Waals surface area contributed by atoms with Crippen molar-refractivity contribution < 1.29 is 23.9 Å². The lowest BCUT2D eigenvalue weighted by Gasteiger charge is -2.25. The van der Waals surface area contributed by atoms with Crippen LogP contribution in [0.3, 0.4) is 0 Å². The number of pyridine rings is 1. The second-order valence-electron chi connectivity index (χ2n) is 11.4. The zero-order valence-corrected chi connectivity index (χ0v) is 25.1. The molecule has 43 heavy (non-hydrogen) atoms. The first-order valence-electron chi connectivity index (χ1n) is 13.1. The predicted molar refractivity (Wildman–Crippen MR) is 159 cm³/mol. The van der Waals surface area contributed by atoms with Crippen LogP contribution in [0.4, 0.5) is 26.1 Å². The molecule has 0 aliphatic heterocycles. The summed E-state index contributed by atoms with van der Waals surface area (Å²) in [4.78, 5) is 50.7. The van der Waals surface area contributed by atoms with Gasteiger partial charge < -0.3 is 19.8 Å². The number of hydrogen-bond acceptors (Lipinski definition) is 11. The largest absolute Gasteiger partial charge is 0.443 e. The molecular formula is C28H29N9O5S. The number of fused-ring (bicyclic) bond motifs is 1. The van der Waals surface area contributed by atoms with Crippen LogP contribution in [0.1, 0.15) is 52.0 Å². The predicted octanol–water partition coefficient (Wildman–Crippen LogP) is 5.78. The average Bonchev–Trinajstić information content (AvgIpc) is 3.68. The third kappa shape index (κ3) is 6.83. The van der Waals surface area contributed by atoms with Crippen molar-refractivity contribution in [3.05, 3.63) is 61.1 Å². The standard InChI is InChI=1S/C28H29N9O5S/c1-27(2,3)41-25(39)36(19-7-8-21-16(10-19)12-32-37(21)26(40)42-28(4,5)6)24-35-34-23(43-24)17-9-18(13-29-11-17)33-22(38)20-14-30-15-31-20/h7-15H,1-6H3,(H,30,31)(H,33,38). The van der Waals surface area contributed by atoms with Gasteiger partial charge in [-0.3, -0.25) is 9.78 Å². The second kappa shape index (κ2) is 11.2. The molecule has 0 fully saturated rings. The molecule has 0 atom stereocenters. The Morgan fingerprint density at radius 3 is 2.44 bits per heavy atom. The molecule has 0 bridgehead atoms. The number of imidazole rings is 1. The highest BCUT2D eigenvalue weighted by molar-refractivity contribution is 7.18. The first-order chi connectivity index (χ1) is 20.3. The van der Waals surface area contributed by atoms with Crippen LogP contribution in [0.25, 0.3) is 21.5 Å². The highest BCUT2D eigenvalue weighted by Gasteiger charge is 2.29. The number of nitrogens with one attached hydrogen (secondary N) is 2. The van der Waals surface area contributed by atoms with E-state index in [9.17, 15) is 14.4 Å². The molecule has 2 amide bonds. The SMILES string of the molecule is CC(C)(C)OC(=O)N(c1ccc2c(cnn2C(=O)OC(C)(C)C)c1)c1nnc(-c2cncc(NC(=O)c3c[nH]cn3)c2)s1. The van der Waals surface area contributed by atoms with Crippen molar-refractivity contribution in [1.29, 1.82) is 0 Å². The lowest BCUT2D eigenvalue weighted by molar-refractivity contribution is 0.0521. The zero-order valence-electron chi connectivity index (χ0n) is 24.3. The fourth-order valence-corrected chi connectivity index (χ4v) is 4.68. The summed E-state index contributed by atoms with van der Waals surface area (Å²) in [6.07, 6.45) is 6.17. The lowest BCUT2D eigenvalue weighted by Crippen LogP contribution is -2.33. The molecule has 0 aliphatic rings. The van der Waals surface area contributed by atoms with Crippen molar-refractivity contribution in [3.63, 3.8) is 0 Å². The Morgan fingerprint density at radius 2 is 1.74 bits per heavy atom. The van der Waals surface area contributed by atoms with Gasteiger partial charge in [-0.1, -0.05) is 11.3 Å². The van der Waals surface area contributed by atoms with Gasteiger partial charge in [0.15, 0.2) is 5.01 Å². The molecular weight excluding hydrogens is 574 g/mol. The van der Waals surface area contributed by atoms with Crippen molar-refractivity contribution in [2.24, 2.45) is 0 Å². The van der Waals surface area contributed by atoms with E-state index in [0.717, 1.165) is 16.0 Å². The molecule has 15 heteroatoms. The number of hydrogen-bond donors (Lipinski definition) is 2. The van der Waals surface area contributed by atoms with Crippen molar-refractivity contribution in [3.8, 4) is 10.6 Å². The number of carbonyl (C=O) groups is 3. The second-order valence-corrected chi connectivity index (χ2v) is 12.3. The molecule has 4 heterocycles. The average molecular weight is 604 g/mol. The molecule has 222 valence electrons. The minimum absolute atomic E-state index is 0.227. The summed E-state index contributed by atoms with van der Waals surface area (Å²) in [6, 6.07) is 6.71. The van der Waals surface area contributed by atoms with E-state index in [2.05, 4.69) is 35.6 Å². The Hall–Kier alpha value is -5.18. The molecule has 4 aromatic heterocycles. The van der Waals surface area contributed by atoms with E-state index in [1.165, 1.54) is 29.8 Å². The number of rotatable bonds is 5. The van der Waals surface area contributed by atoms with Gasteiger partial charge in [0, 0.05) is 23.3 Å². The van der Waals surface area contributed by atoms with Gasteiger partial charge in [0.05, 0.1) is 35.6 Å². The van der Waals surface area contributed by atoms with E-state index in [1.807, 2.05) is 0 Å². The van der Waals surface area contributed by atoms with Crippen molar-refractivity contribution in [1.82, 2.24) is 34.9 Å². The highest BCUT2D eigenvalue weighted by atomic mass is 32.1. The summed E-state index contributed by atoms with van der Waals surface area (Å²) in [5.41, 5.74) is 0.662. The van der Waals surface area contributed by atoms with E-state index in [4.69, 9.17) is 9.47 Å². The van der Waals surface area contributed by atoms with Gasteiger partial charge in [-0.05, 0) is 65.8 Å². The van der Waals surface area contributed by atoms with Gasteiger partial charge in [0.25, 0.3) is 5.91 Å². The summed E-state index contributed by atoms with van der Waals surface area (Å²) < 4.78 is 12.3. The Kier molecular flexibility index (Phi) is 7.67. The lowest BCUT2D eigenvalue weighted by atomic mass is 10.2. The fourth-order valence-electron chi connectivity index (χ4n) is 3.84. The molecule has 14 nitrogen and oxygen atoms in total. The smallest absolute Gasteiger partial charge is 0.435 e. The number of amides is 2. The van der Waals surface area contributed by atoms with Crippen LogP contribution >= 0.6 is 11.3 Å². The number of aromatic nitrogens is 7. The fraction of sp³-hybridized carbons (Fsp3) is 0.286. The first kappa shape index (κ1) is 29.3. The Morgan fingerprint density at radius 1 is 0.977 bits per heavy atom. The third-order valence-electron chi connectivity index (χ3n) is 5.53. The maximum atomic E-state index is 13.5. The third-order valence-corrected chi connectivity index (χ3v) is 6.49. The van der Waals surface area contributed by atoms with E-state index >= 15 is 0 Å². The Labute approximate surface area is 250 Å². The molecule has 0 unspecified atom stereocenters. The van der Waals surface area contributed by atoms with E-state index in [0.29, 0.717) is 32.8 Å².